The van der Waals surface area contributed by atoms with Crippen LogP contribution in [0.25, 0.3) is 5.57 Å². The molecule has 0 bridgehead atoms. The van der Waals surface area contributed by atoms with Gasteiger partial charge in [-0.05, 0) is 61.6 Å². The molecule has 4 aromatic carbocycles. The SMILES string of the molecule is CN1CCN(c2ccc(NC=C3C(=O)Nc4cc(C(=O)c5cccc(NC(=O)N(C)c6ccccc6)c5)ccc43)cc2)CC1. The van der Waals surface area contributed by atoms with E-state index in [0.717, 1.165) is 43.1 Å². The van der Waals surface area contributed by atoms with E-state index in [1.165, 1.54) is 10.6 Å². The number of rotatable bonds is 7. The van der Waals surface area contributed by atoms with Crippen LogP contribution >= 0.6 is 0 Å². The molecule has 2 heterocycles. The van der Waals surface area contributed by atoms with Crippen LogP contribution in [0.1, 0.15) is 21.5 Å². The Kier molecular flexibility index (Phi) is 8.12. The van der Waals surface area contributed by atoms with Crippen LogP contribution in [0.4, 0.5) is 33.2 Å². The molecule has 6 rings (SSSR count). The number of hydrogen-bond donors (Lipinski definition) is 3. The number of likely N-dealkylation sites (N-methyl/N-ethyl adjacent to an activating group) is 1. The summed E-state index contributed by atoms with van der Waals surface area (Å²) in [5.74, 6) is -0.455. The van der Waals surface area contributed by atoms with Crippen LogP contribution in [0.3, 0.4) is 0 Å². The number of anilines is 5. The van der Waals surface area contributed by atoms with Crippen molar-refractivity contribution >= 4 is 51.7 Å². The first kappa shape index (κ1) is 28.7. The molecule has 0 spiro atoms. The fourth-order valence-electron chi connectivity index (χ4n) is 5.35. The number of urea groups is 1. The van der Waals surface area contributed by atoms with Crippen LogP contribution in [0, 0.1) is 0 Å². The van der Waals surface area contributed by atoms with Crippen LogP contribution in [0.15, 0.2) is 103 Å². The quantitative estimate of drug-likeness (QED) is 0.189. The summed E-state index contributed by atoms with van der Waals surface area (Å²) in [6.45, 7) is 4.10. The molecular formula is C35H34N6O3. The molecule has 0 atom stereocenters. The Labute approximate surface area is 256 Å². The molecule has 222 valence electrons. The van der Waals surface area contributed by atoms with Crippen molar-refractivity contribution in [1.29, 1.82) is 0 Å². The van der Waals surface area contributed by atoms with Crippen LogP contribution in [-0.4, -0.2) is 62.9 Å². The lowest BCUT2D eigenvalue weighted by Gasteiger charge is -2.34. The van der Waals surface area contributed by atoms with Crippen molar-refractivity contribution in [3.63, 3.8) is 0 Å². The lowest BCUT2D eigenvalue weighted by atomic mass is 9.99. The molecule has 0 unspecified atom stereocenters. The zero-order chi connectivity index (χ0) is 30.6. The number of nitrogens with zero attached hydrogens (tertiary/aromatic N) is 3. The van der Waals surface area contributed by atoms with Gasteiger partial charge in [-0.25, -0.2) is 4.79 Å². The van der Waals surface area contributed by atoms with Gasteiger partial charge in [-0.1, -0.05) is 42.5 Å². The van der Waals surface area contributed by atoms with Gasteiger partial charge in [0, 0.05) is 84.6 Å². The molecule has 4 aromatic rings. The Morgan fingerprint density at radius 3 is 2.30 bits per heavy atom. The maximum Gasteiger partial charge on any atom is 0.326 e. The highest BCUT2D eigenvalue weighted by atomic mass is 16.2. The summed E-state index contributed by atoms with van der Waals surface area (Å²) >= 11 is 0. The molecule has 2 aliphatic rings. The van der Waals surface area contributed by atoms with Crippen molar-refractivity contribution in [3.8, 4) is 0 Å². The van der Waals surface area contributed by atoms with E-state index < -0.39 is 0 Å². The predicted molar refractivity (Wildman–Crippen MR) is 177 cm³/mol. The molecule has 9 nitrogen and oxygen atoms in total. The van der Waals surface area contributed by atoms with Gasteiger partial charge in [0.2, 0.25) is 0 Å². The standard InChI is InChI=1S/C35H34N6O3/c1-39-17-19-41(20-18-39)29-14-12-26(13-15-29)36-23-31-30-16-11-25(22-32(30)38-34(31)43)33(42)24-7-6-8-27(21-24)37-35(44)40(2)28-9-4-3-5-10-28/h3-16,21-23,36H,17-20H2,1-2H3,(H,37,44)(H,38,43). The van der Waals surface area contributed by atoms with Crippen molar-refractivity contribution < 1.29 is 14.4 Å². The fraction of sp³-hybridized carbons (Fsp3) is 0.171. The van der Waals surface area contributed by atoms with Gasteiger partial charge in [-0.15, -0.1) is 0 Å². The average molecular weight is 587 g/mol. The normalized spacial score (nSPS) is 15.5. The molecular weight excluding hydrogens is 552 g/mol. The number of ketones is 1. The maximum atomic E-state index is 13.4. The molecule has 1 saturated heterocycles. The molecule has 0 aliphatic carbocycles. The number of piperazine rings is 1. The molecule has 0 radical (unpaired) electrons. The second-order valence-electron chi connectivity index (χ2n) is 11.0. The number of hydrogen-bond acceptors (Lipinski definition) is 6. The summed E-state index contributed by atoms with van der Waals surface area (Å²) in [7, 11) is 3.82. The topological polar surface area (TPSA) is 97.0 Å². The first-order valence-corrected chi connectivity index (χ1v) is 14.6. The van der Waals surface area contributed by atoms with E-state index in [2.05, 4.69) is 44.9 Å². The minimum Gasteiger partial charge on any atom is -0.369 e. The molecule has 9 heteroatoms. The van der Waals surface area contributed by atoms with Gasteiger partial charge in [0.1, 0.15) is 0 Å². The van der Waals surface area contributed by atoms with E-state index >= 15 is 0 Å². The van der Waals surface area contributed by atoms with Gasteiger partial charge in [-0.3, -0.25) is 14.5 Å². The molecule has 0 saturated carbocycles. The van der Waals surface area contributed by atoms with Gasteiger partial charge in [-0.2, -0.15) is 0 Å². The third kappa shape index (κ3) is 6.18. The lowest BCUT2D eigenvalue weighted by Crippen LogP contribution is -2.44. The van der Waals surface area contributed by atoms with Crippen LogP contribution < -0.4 is 25.8 Å². The summed E-state index contributed by atoms with van der Waals surface area (Å²) in [6, 6.07) is 29.2. The number of carbonyl (C=O) groups excluding carboxylic acids is 3. The Bertz CT molecular complexity index is 1730. The number of amides is 3. The number of carbonyl (C=O) groups is 3. The number of benzene rings is 4. The largest absolute Gasteiger partial charge is 0.369 e. The molecule has 44 heavy (non-hydrogen) atoms. The average Bonchev–Trinajstić information content (AvgIpc) is 3.38. The predicted octanol–water partition coefficient (Wildman–Crippen LogP) is 5.74. The van der Waals surface area contributed by atoms with Crippen molar-refractivity contribution in [3.05, 3.63) is 120 Å². The highest BCUT2D eigenvalue weighted by molar-refractivity contribution is 6.32. The Hall–Kier alpha value is -5.41. The Morgan fingerprint density at radius 2 is 1.55 bits per heavy atom. The van der Waals surface area contributed by atoms with Gasteiger partial charge in [0.15, 0.2) is 5.78 Å². The van der Waals surface area contributed by atoms with E-state index in [0.29, 0.717) is 28.1 Å². The summed E-state index contributed by atoms with van der Waals surface area (Å²) < 4.78 is 0. The van der Waals surface area contributed by atoms with Crippen molar-refractivity contribution in [2.24, 2.45) is 0 Å². The van der Waals surface area contributed by atoms with Gasteiger partial charge < -0.3 is 25.8 Å². The van der Waals surface area contributed by atoms with E-state index in [9.17, 15) is 14.4 Å². The summed E-state index contributed by atoms with van der Waals surface area (Å²) in [4.78, 5) is 45.2. The minimum atomic E-state index is -0.319. The molecule has 2 aliphatic heterocycles. The highest BCUT2D eigenvalue weighted by Crippen LogP contribution is 2.33. The molecule has 0 aromatic heterocycles. The first-order chi connectivity index (χ1) is 21.4. The lowest BCUT2D eigenvalue weighted by molar-refractivity contribution is -0.110. The monoisotopic (exact) mass is 586 g/mol. The molecule has 1 fully saturated rings. The first-order valence-electron chi connectivity index (χ1n) is 14.6. The van der Waals surface area contributed by atoms with Gasteiger partial charge in [0.05, 0.1) is 5.57 Å². The Morgan fingerprint density at radius 1 is 0.818 bits per heavy atom. The smallest absolute Gasteiger partial charge is 0.326 e. The van der Waals surface area contributed by atoms with E-state index in [-0.39, 0.29) is 17.7 Å². The van der Waals surface area contributed by atoms with Crippen molar-refractivity contribution in [2.75, 3.05) is 66.0 Å². The van der Waals surface area contributed by atoms with E-state index in [1.54, 1.807) is 55.7 Å². The summed E-state index contributed by atoms with van der Waals surface area (Å²) in [5.41, 5.74) is 5.97. The Balaban J connectivity index is 1.12. The third-order valence-corrected chi connectivity index (χ3v) is 8.01. The summed E-state index contributed by atoms with van der Waals surface area (Å²) in [6.07, 6.45) is 1.70. The number of para-hydroxylation sites is 1. The second-order valence-corrected chi connectivity index (χ2v) is 11.0. The van der Waals surface area contributed by atoms with Gasteiger partial charge >= 0.3 is 6.03 Å². The minimum absolute atomic E-state index is 0.217. The van der Waals surface area contributed by atoms with E-state index in [1.807, 2.05) is 42.5 Å². The van der Waals surface area contributed by atoms with Crippen LogP contribution in [0.5, 0.6) is 0 Å². The van der Waals surface area contributed by atoms with Crippen LogP contribution in [0.2, 0.25) is 0 Å². The number of fused-ring (bicyclic) bond motifs is 1. The molecule has 3 N–H and O–H groups in total. The maximum absolute atomic E-state index is 13.4. The van der Waals surface area contributed by atoms with E-state index in [4.69, 9.17) is 0 Å². The van der Waals surface area contributed by atoms with Crippen molar-refractivity contribution in [2.45, 2.75) is 0 Å². The fourth-order valence-corrected chi connectivity index (χ4v) is 5.35. The third-order valence-electron chi connectivity index (χ3n) is 8.01. The number of nitrogens with one attached hydrogen (secondary N) is 3. The second kappa shape index (κ2) is 12.4. The molecule has 3 amide bonds. The zero-order valence-electron chi connectivity index (χ0n) is 24.7. The van der Waals surface area contributed by atoms with Crippen LogP contribution in [-0.2, 0) is 4.79 Å². The van der Waals surface area contributed by atoms with Gasteiger partial charge in [0.25, 0.3) is 5.91 Å². The highest BCUT2D eigenvalue weighted by Gasteiger charge is 2.25. The zero-order valence-corrected chi connectivity index (χ0v) is 24.7. The summed E-state index contributed by atoms with van der Waals surface area (Å²) in [5, 5.41) is 8.97. The van der Waals surface area contributed by atoms with Crippen molar-refractivity contribution in [1.82, 2.24) is 4.90 Å².